The summed E-state index contributed by atoms with van der Waals surface area (Å²) >= 11 is 0. The van der Waals surface area contributed by atoms with E-state index in [1.807, 2.05) is 0 Å². The normalized spacial score (nSPS) is 16.1. The Morgan fingerprint density at radius 3 is 2.62 bits per heavy atom. The van der Waals surface area contributed by atoms with Crippen LogP contribution in [0.2, 0.25) is 0 Å². The molecule has 0 radical (unpaired) electrons. The summed E-state index contributed by atoms with van der Waals surface area (Å²) in [7, 11) is 0. The summed E-state index contributed by atoms with van der Waals surface area (Å²) in [5.74, 6) is -0.793. The number of Topliss-reactive ketones (excluding diaryl/α,β-unsaturated/α-hetero) is 1. The molecule has 9 heteroatoms. The van der Waals surface area contributed by atoms with E-state index >= 15 is 0 Å². The van der Waals surface area contributed by atoms with Gasteiger partial charge >= 0.3 is 5.97 Å². The Hall–Kier alpha value is -2.94. The lowest BCUT2D eigenvalue weighted by atomic mass is 10.0. The van der Waals surface area contributed by atoms with Crippen molar-refractivity contribution in [1.82, 2.24) is 4.90 Å². The highest BCUT2D eigenvalue weighted by Gasteiger charge is 2.30. The Labute approximate surface area is 168 Å². The lowest BCUT2D eigenvalue weighted by Crippen LogP contribution is -2.49. The van der Waals surface area contributed by atoms with E-state index in [1.54, 1.807) is 24.0 Å². The largest absolute Gasteiger partial charge is 0.482 e. The van der Waals surface area contributed by atoms with E-state index in [2.05, 4.69) is 0 Å². The van der Waals surface area contributed by atoms with Gasteiger partial charge in [0.15, 0.2) is 12.4 Å². The number of morpholine rings is 1. The first-order valence-corrected chi connectivity index (χ1v) is 9.61. The van der Waals surface area contributed by atoms with Gasteiger partial charge < -0.3 is 19.1 Å². The van der Waals surface area contributed by atoms with Gasteiger partial charge in [0, 0.05) is 25.1 Å². The molecule has 2 heterocycles. The number of fused-ring (bicyclic) bond motifs is 1. The first-order chi connectivity index (χ1) is 14.0. The molecule has 1 aromatic rings. The van der Waals surface area contributed by atoms with Gasteiger partial charge in [-0.1, -0.05) is 0 Å². The summed E-state index contributed by atoms with van der Waals surface area (Å²) in [5, 5.41) is 0. The second kappa shape index (κ2) is 9.51. The highest BCUT2D eigenvalue weighted by molar-refractivity contribution is 6.04. The number of nitrogens with zero attached hydrogens (tertiary/aromatic N) is 2. The third-order valence-electron chi connectivity index (χ3n) is 4.74. The molecule has 0 N–H and O–H groups in total. The van der Waals surface area contributed by atoms with Crippen molar-refractivity contribution in [3.8, 4) is 5.75 Å². The summed E-state index contributed by atoms with van der Waals surface area (Å²) in [4.78, 5) is 51.9. The van der Waals surface area contributed by atoms with Crippen molar-refractivity contribution in [2.24, 2.45) is 0 Å². The molecule has 1 aromatic carbocycles. The van der Waals surface area contributed by atoms with Gasteiger partial charge in [0.25, 0.3) is 5.91 Å². The first-order valence-electron chi connectivity index (χ1n) is 9.61. The fraction of sp³-hybridized carbons (Fsp3) is 0.500. The maximum Gasteiger partial charge on any atom is 0.306 e. The third-order valence-corrected chi connectivity index (χ3v) is 4.74. The van der Waals surface area contributed by atoms with Crippen LogP contribution in [0.1, 0.15) is 30.1 Å². The van der Waals surface area contributed by atoms with E-state index in [-0.39, 0.29) is 50.2 Å². The molecule has 3 rings (SSSR count). The molecular formula is C20H24N2O7. The van der Waals surface area contributed by atoms with Crippen molar-refractivity contribution < 1.29 is 33.4 Å². The maximum atomic E-state index is 12.6. The van der Waals surface area contributed by atoms with E-state index in [0.29, 0.717) is 43.3 Å². The Kier molecular flexibility index (Phi) is 6.82. The van der Waals surface area contributed by atoms with Crippen LogP contribution in [0.4, 0.5) is 5.69 Å². The molecule has 0 saturated carbocycles. The van der Waals surface area contributed by atoms with Crippen LogP contribution in [-0.4, -0.2) is 74.5 Å². The number of benzene rings is 1. The van der Waals surface area contributed by atoms with Crippen LogP contribution in [-0.2, 0) is 23.9 Å². The minimum atomic E-state index is -0.435. The van der Waals surface area contributed by atoms with Crippen LogP contribution < -0.4 is 9.64 Å². The third kappa shape index (κ3) is 5.11. The lowest BCUT2D eigenvalue weighted by molar-refractivity contribution is -0.143. The van der Waals surface area contributed by atoms with Gasteiger partial charge in [0.1, 0.15) is 12.3 Å². The van der Waals surface area contributed by atoms with Crippen molar-refractivity contribution in [2.75, 3.05) is 51.0 Å². The molecule has 2 aliphatic rings. The number of hydrogen-bond acceptors (Lipinski definition) is 7. The molecule has 0 aliphatic carbocycles. The number of carbonyl (C=O) groups excluding carboxylic acids is 4. The van der Waals surface area contributed by atoms with Crippen LogP contribution in [0.3, 0.4) is 0 Å². The minimum Gasteiger partial charge on any atom is -0.482 e. The van der Waals surface area contributed by atoms with Gasteiger partial charge in [-0.05, 0) is 25.1 Å². The number of esters is 1. The molecule has 0 unspecified atom stereocenters. The van der Waals surface area contributed by atoms with Gasteiger partial charge in [-0.25, -0.2) is 0 Å². The smallest absolute Gasteiger partial charge is 0.306 e. The number of rotatable bonds is 7. The second-order valence-electron chi connectivity index (χ2n) is 6.67. The fourth-order valence-corrected chi connectivity index (χ4v) is 3.19. The molecule has 0 atom stereocenters. The Balaban J connectivity index is 1.73. The molecule has 9 nitrogen and oxygen atoms in total. The number of anilines is 1. The Bertz CT molecular complexity index is 802. The number of ether oxygens (including phenoxy) is 3. The zero-order valence-electron chi connectivity index (χ0n) is 16.3. The second-order valence-corrected chi connectivity index (χ2v) is 6.67. The molecule has 2 aliphatic heterocycles. The van der Waals surface area contributed by atoms with Gasteiger partial charge in [-0.2, -0.15) is 0 Å². The molecule has 0 bridgehead atoms. The summed E-state index contributed by atoms with van der Waals surface area (Å²) in [6.45, 7) is 3.57. The van der Waals surface area contributed by atoms with Crippen LogP contribution in [0.25, 0.3) is 0 Å². The van der Waals surface area contributed by atoms with Crippen LogP contribution in [0.5, 0.6) is 5.75 Å². The van der Waals surface area contributed by atoms with E-state index in [4.69, 9.17) is 14.2 Å². The molecule has 0 spiro atoms. The summed E-state index contributed by atoms with van der Waals surface area (Å²) in [6.07, 6.45) is -0.0163. The highest BCUT2D eigenvalue weighted by atomic mass is 16.5. The summed E-state index contributed by atoms with van der Waals surface area (Å²) in [5.41, 5.74) is 0.722. The molecule has 2 amide bonds. The fourth-order valence-electron chi connectivity index (χ4n) is 3.19. The zero-order valence-corrected chi connectivity index (χ0v) is 16.3. The number of carbonyl (C=O) groups is 4. The minimum absolute atomic E-state index is 0.000861. The first kappa shape index (κ1) is 20.8. The van der Waals surface area contributed by atoms with Gasteiger partial charge in [0.05, 0.1) is 31.9 Å². The van der Waals surface area contributed by atoms with Crippen molar-refractivity contribution >= 4 is 29.3 Å². The Morgan fingerprint density at radius 2 is 1.90 bits per heavy atom. The number of hydrogen-bond donors (Lipinski definition) is 0. The van der Waals surface area contributed by atoms with Crippen molar-refractivity contribution in [2.45, 2.75) is 19.8 Å². The van der Waals surface area contributed by atoms with E-state index < -0.39 is 5.97 Å². The average molecular weight is 404 g/mol. The molecular weight excluding hydrogens is 380 g/mol. The molecule has 29 heavy (non-hydrogen) atoms. The average Bonchev–Trinajstić information content (AvgIpc) is 2.74. The van der Waals surface area contributed by atoms with Crippen LogP contribution >= 0.6 is 0 Å². The van der Waals surface area contributed by atoms with Crippen molar-refractivity contribution in [3.05, 3.63) is 23.8 Å². The van der Waals surface area contributed by atoms with Gasteiger partial charge in [-0.15, -0.1) is 0 Å². The zero-order chi connectivity index (χ0) is 20.8. The van der Waals surface area contributed by atoms with Crippen molar-refractivity contribution in [3.63, 3.8) is 0 Å². The molecule has 156 valence electrons. The van der Waals surface area contributed by atoms with Crippen molar-refractivity contribution in [1.29, 1.82) is 0 Å². The highest BCUT2D eigenvalue weighted by Crippen LogP contribution is 2.33. The maximum absolute atomic E-state index is 12.6. The van der Waals surface area contributed by atoms with Crippen LogP contribution in [0, 0.1) is 0 Å². The Morgan fingerprint density at radius 1 is 1.14 bits per heavy atom. The lowest BCUT2D eigenvalue weighted by Gasteiger charge is -2.32. The molecule has 1 fully saturated rings. The topological polar surface area (TPSA) is 102 Å². The van der Waals surface area contributed by atoms with Gasteiger partial charge in [-0.3, -0.25) is 24.1 Å². The predicted molar refractivity (Wildman–Crippen MR) is 102 cm³/mol. The van der Waals surface area contributed by atoms with E-state index in [0.717, 1.165) is 0 Å². The van der Waals surface area contributed by atoms with E-state index in [1.165, 1.54) is 11.0 Å². The summed E-state index contributed by atoms with van der Waals surface area (Å²) < 4.78 is 15.5. The van der Waals surface area contributed by atoms with Crippen LogP contribution in [0.15, 0.2) is 18.2 Å². The molecule has 1 saturated heterocycles. The van der Waals surface area contributed by atoms with Gasteiger partial charge in [0.2, 0.25) is 5.91 Å². The molecule has 0 aromatic heterocycles. The standard InChI is InChI=1S/C20H24N2O7/c1-2-28-20(26)6-4-16(23)14-3-5-17-15(11-14)22(19(25)13-29-17)12-18(24)21-7-9-27-10-8-21/h3,5,11H,2,4,6-10,12-13H2,1H3. The predicted octanol–water partition coefficient (Wildman–Crippen LogP) is 0.797. The SMILES string of the molecule is CCOC(=O)CCC(=O)c1ccc2c(c1)N(CC(=O)N1CCOCC1)C(=O)CO2. The van der Waals surface area contributed by atoms with E-state index in [9.17, 15) is 19.2 Å². The quantitative estimate of drug-likeness (QED) is 0.489. The number of amides is 2. The summed E-state index contributed by atoms with van der Waals surface area (Å²) in [6, 6.07) is 4.72. The monoisotopic (exact) mass is 404 g/mol. The number of ketones is 1.